The van der Waals surface area contributed by atoms with E-state index in [1.807, 2.05) is 49.3 Å². The molecule has 18 heavy (non-hydrogen) atoms. The molecule has 0 aliphatic heterocycles. The molecule has 0 radical (unpaired) electrons. The monoisotopic (exact) mass is 267 g/mol. The molecule has 0 heterocycles. The summed E-state index contributed by atoms with van der Waals surface area (Å²) in [6.07, 6.45) is 2.30. The SMILES string of the molecule is CN(C)CCOC(=O)C(Cl)=CCc1ccccc1. The Kier molecular flexibility index (Phi) is 6.47. The molecule has 98 valence electrons. The minimum Gasteiger partial charge on any atom is -0.460 e. The van der Waals surface area contributed by atoms with E-state index in [0.29, 0.717) is 19.6 Å². The highest BCUT2D eigenvalue weighted by Gasteiger charge is 2.07. The first-order chi connectivity index (χ1) is 8.59. The van der Waals surface area contributed by atoms with Gasteiger partial charge < -0.3 is 9.64 Å². The first-order valence-electron chi connectivity index (χ1n) is 5.81. The molecular formula is C14H18ClNO2. The maximum absolute atomic E-state index is 11.5. The van der Waals surface area contributed by atoms with Crippen LogP contribution in [-0.4, -0.2) is 38.1 Å². The molecule has 1 aromatic carbocycles. The Labute approximate surface area is 113 Å². The summed E-state index contributed by atoms with van der Waals surface area (Å²) in [4.78, 5) is 13.4. The lowest BCUT2D eigenvalue weighted by molar-refractivity contribution is -0.138. The van der Waals surface area contributed by atoms with Crippen LogP contribution in [0.4, 0.5) is 0 Å². The number of hydrogen-bond donors (Lipinski definition) is 0. The van der Waals surface area contributed by atoms with E-state index in [9.17, 15) is 4.79 Å². The van der Waals surface area contributed by atoms with Crippen molar-refractivity contribution >= 4 is 17.6 Å². The Bertz CT molecular complexity index is 402. The van der Waals surface area contributed by atoms with Gasteiger partial charge in [0.2, 0.25) is 0 Å². The second kappa shape index (κ2) is 7.90. The third kappa shape index (κ3) is 5.84. The molecule has 0 atom stereocenters. The molecule has 0 N–H and O–H groups in total. The van der Waals surface area contributed by atoms with Gasteiger partial charge in [-0.05, 0) is 26.1 Å². The van der Waals surface area contributed by atoms with E-state index in [1.54, 1.807) is 6.08 Å². The quantitative estimate of drug-likeness (QED) is 0.586. The Morgan fingerprint density at radius 3 is 2.61 bits per heavy atom. The molecule has 0 spiro atoms. The highest BCUT2D eigenvalue weighted by atomic mass is 35.5. The zero-order valence-corrected chi connectivity index (χ0v) is 11.5. The van der Waals surface area contributed by atoms with Crippen LogP contribution < -0.4 is 0 Å². The van der Waals surface area contributed by atoms with Crippen molar-refractivity contribution in [1.82, 2.24) is 4.90 Å². The van der Waals surface area contributed by atoms with Crippen molar-refractivity contribution in [3.05, 3.63) is 47.0 Å². The lowest BCUT2D eigenvalue weighted by Gasteiger charge is -2.09. The van der Waals surface area contributed by atoms with Crippen LogP contribution in [0.15, 0.2) is 41.4 Å². The number of allylic oxidation sites excluding steroid dienone is 1. The predicted molar refractivity (Wildman–Crippen MR) is 73.6 cm³/mol. The van der Waals surface area contributed by atoms with E-state index in [1.165, 1.54) is 0 Å². The molecule has 0 amide bonds. The van der Waals surface area contributed by atoms with Gasteiger partial charge in [-0.15, -0.1) is 0 Å². The third-order valence-electron chi connectivity index (χ3n) is 2.33. The minimum absolute atomic E-state index is 0.137. The number of esters is 1. The van der Waals surface area contributed by atoms with E-state index in [2.05, 4.69) is 0 Å². The van der Waals surface area contributed by atoms with Gasteiger partial charge in [-0.25, -0.2) is 4.79 Å². The summed E-state index contributed by atoms with van der Waals surface area (Å²) < 4.78 is 5.02. The van der Waals surface area contributed by atoms with Crippen LogP contribution in [-0.2, 0) is 16.0 Å². The van der Waals surface area contributed by atoms with Crippen LogP contribution in [0, 0.1) is 0 Å². The fraction of sp³-hybridized carbons (Fsp3) is 0.357. The first-order valence-corrected chi connectivity index (χ1v) is 6.19. The number of nitrogens with zero attached hydrogens (tertiary/aromatic N) is 1. The van der Waals surface area contributed by atoms with Gasteiger partial charge in [-0.2, -0.15) is 0 Å². The second-order valence-corrected chi connectivity index (χ2v) is 4.59. The van der Waals surface area contributed by atoms with Crippen molar-refractivity contribution in [2.75, 3.05) is 27.2 Å². The van der Waals surface area contributed by atoms with Gasteiger partial charge in [0.05, 0.1) is 0 Å². The summed E-state index contributed by atoms with van der Waals surface area (Å²) in [5, 5.41) is 0.137. The number of likely N-dealkylation sites (N-methyl/N-ethyl adjacent to an activating group) is 1. The number of ether oxygens (including phenoxy) is 1. The smallest absolute Gasteiger partial charge is 0.349 e. The number of hydrogen-bond acceptors (Lipinski definition) is 3. The Hall–Kier alpha value is -1.32. The molecule has 0 fully saturated rings. The maximum atomic E-state index is 11.5. The highest BCUT2D eigenvalue weighted by molar-refractivity contribution is 6.41. The summed E-state index contributed by atoms with van der Waals surface area (Å²) in [6.45, 7) is 1.04. The van der Waals surface area contributed by atoms with Crippen LogP contribution in [0.3, 0.4) is 0 Å². The van der Waals surface area contributed by atoms with Crippen molar-refractivity contribution in [3.8, 4) is 0 Å². The van der Waals surface area contributed by atoms with E-state index in [-0.39, 0.29) is 5.03 Å². The molecular weight excluding hydrogens is 250 g/mol. The molecule has 3 nitrogen and oxygen atoms in total. The molecule has 0 aliphatic rings. The number of rotatable bonds is 6. The van der Waals surface area contributed by atoms with E-state index >= 15 is 0 Å². The normalized spacial score (nSPS) is 11.7. The highest BCUT2D eigenvalue weighted by Crippen LogP contribution is 2.08. The van der Waals surface area contributed by atoms with Gasteiger partial charge in [0.25, 0.3) is 0 Å². The third-order valence-corrected chi connectivity index (χ3v) is 2.64. The fourth-order valence-electron chi connectivity index (χ4n) is 1.29. The Morgan fingerprint density at radius 1 is 1.33 bits per heavy atom. The minimum atomic E-state index is -0.463. The Balaban J connectivity index is 2.38. The molecule has 1 aromatic rings. The van der Waals surface area contributed by atoms with Crippen molar-refractivity contribution in [3.63, 3.8) is 0 Å². The number of carbonyl (C=O) groups is 1. The Morgan fingerprint density at radius 2 is 2.00 bits per heavy atom. The van der Waals surface area contributed by atoms with Crippen molar-refractivity contribution in [2.24, 2.45) is 0 Å². The van der Waals surface area contributed by atoms with Crippen LogP contribution in [0.5, 0.6) is 0 Å². The summed E-state index contributed by atoms with van der Waals surface area (Å²) in [7, 11) is 3.83. The first kappa shape index (κ1) is 14.7. The molecule has 0 saturated carbocycles. The molecule has 0 saturated heterocycles. The molecule has 0 aliphatic carbocycles. The van der Waals surface area contributed by atoms with E-state index in [4.69, 9.17) is 16.3 Å². The van der Waals surface area contributed by atoms with Gasteiger partial charge in [-0.1, -0.05) is 48.0 Å². The molecule has 4 heteroatoms. The standard InChI is InChI=1S/C14H18ClNO2/c1-16(2)10-11-18-14(17)13(15)9-8-12-6-4-3-5-7-12/h3-7,9H,8,10-11H2,1-2H3. The van der Waals surface area contributed by atoms with E-state index in [0.717, 1.165) is 5.56 Å². The van der Waals surface area contributed by atoms with Gasteiger partial charge in [-0.3, -0.25) is 0 Å². The lowest BCUT2D eigenvalue weighted by atomic mass is 10.1. The summed E-state index contributed by atoms with van der Waals surface area (Å²) in [5.41, 5.74) is 1.11. The lowest BCUT2D eigenvalue weighted by Crippen LogP contribution is -2.20. The largest absolute Gasteiger partial charge is 0.460 e. The average Bonchev–Trinajstić information content (AvgIpc) is 2.36. The van der Waals surface area contributed by atoms with Gasteiger partial charge in [0.1, 0.15) is 11.6 Å². The van der Waals surface area contributed by atoms with Crippen LogP contribution >= 0.6 is 11.6 Å². The fourth-order valence-corrected chi connectivity index (χ4v) is 1.43. The summed E-state index contributed by atoms with van der Waals surface area (Å²) >= 11 is 5.87. The van der Waals surface area contributed by atoms with Crippen molar-refractivity contribution in [1.29, 1.82) is 0 Å². The number of carbonyl (C=O) groups excluding carboxylic acids is 1. The molecule has 0 bridgehead atoms. The molecule has 0 aromatic heterocycles. The van der Waals surface area contributed by atoms with Gasteiger partial charge in [0.15, 0.2) is 0 Å². The zero-order chi connectivity index (χ0) is 13.4. The van der Waals surface area contributed by atoms with Crippen molar-refractivity contribution in [2.45, 2.75) is 6.42 Å². The van der Waals surface area contributed by atoms with E-state index < -0.39 is 5.97 Å². The molecule has 1 rings (SSSR count). The predicted octanol–water partition coefficient (Wildman–Crippen LogP) is 2.46. The topological polar surface area (TPSA) is 29.5 Å². The van der Waals surface area contributed by atoms with Crippen LogP contribution in [0.25, 0.3) is 0 Å². The van der Waals surface area contributed by atoms with Gasteiger partial charge >= 0.3 is 5.97 Å². The van der Waals surface area contributed by atoms with Gasteiger partial charge in [0, 0.05) is 6.54 Å². The van der Waals surface area contributed by atoms with Crippen LogP contribution in [0.1, 0.15) is 5.56 Å². The maximum Gasteiger partial charge on any atom is 0.349 e. The summed E-state index contributed by atoms with van der Waals surface area (Å²) in [6, 6.07) is 9.82. The van der Waals surface area contributed by atoms with Crippen LogP contribution in [0.2, 0.25) is 0 Å². The number of halogens is 1. The number of benzene rings is 1. The van der Waals surface area contributed by atoms with Crippen molar-refractivity contribution < 1.29 is 9.53 Å². The zero-order valence-electron chi connectivity index (χ0n) is 10.7. The molecule has 0 unspecified atom stereocenters. The summed E-state index contributed by atoms with van der Waals surface area (Å²) in [5.74, 6) is -0.463. The second-order valence-electron chi connectivity index (χ2n) is 4.18. The average molecular weight is 268 g/mol.